The van der Waals surface area contributed by atoms with Crippen LogP contribution in [0, 0.1) is 15.5 Å². The molecular weight excluding hydrogens is 432 g/mol. The first-order valence-electron chi connectivity index (χ1n) is 10.3. The largest absolute Gasteiger partial charge is 0.497 e. The molecule has 32 heavy (non-hydrogen) atoms. The number of benzene rings is 2. The third-order valence-corrected chi connectivity index (χ3v) is 6.37. The summed E-state index contributed by atoms with van der Waals surface area (Å²) in [6, 6.07) is 11.7. The predicted octanol–water partition coefficient (Wildman–Crippen LogP) is 5.42. The van der Waals surface area contributed by atoms with E-state index in [0.717, 1.165) is 5.56 Å². The number of ether oxygens (including phenoxy) is 1. The van der Waals surface area contributed by atoms with E-state index in [4.69, 9.17) is 16.3 Å². The molecule has 1 atom stereocenters. The number of allylic oxidation sites excluding steroid dienone is 2. The Balaban J connectivity index is 1.88. The Morgan fingerprint density at radius 1 is 1.12 bits per heavy atom. The van der Waals surface area contributed by atoms with Gasteiger partial charge in [-0.15, -0.1) is 0 Å². The van der Waals surface area contributed by atoms with Crippen LogP contribution >= 0.6 is 11.6 Å². The zero-order chi connectivity index (χ0) is 23.2. The van der Waals surface area contributed by atoms with E-state index in [1.165, 1.54) is 17.0 Å². The van der Waals surface area contributed by atoms with Gasteiger partial charge in [-0.3, -0.25) is 24.6 Å². The van der Waals surface area contributed by atoms with Gasteiger partial charge in [0.2, 0.25) is 5.91 Å². The van der Waals surface area contributed by atoms with Crippen molar-refractivity contribution in [1.82, 2.24) is 0 Å². The number of nitrogens with zero attached hydrogens (tertiary/aromatic N) is 2. The monoisotopic (exact) mass is 454 g/mol. The highest BCUT2D eigenvalue weighted by Crippen LogP contribution is 2.48. The molecule has 0 radical (unpaired) electrons. The Kier molecular flexibility index (Phi) is 5.54. The molecule has 1 aliphatic heterocycles. The normalized spacial score (nSPS) is 20.2. The molecule has 1 unspecified atom stereocenters. The fraction of sp³-hybridized carbons (Fsp3) is 0.333. The Morgan fingerprint density at radius 3 is 2.44 bits per heavy atom. The molecule has 166 valence electrons. The maximum absolute atomic E-state index is 13.4. The van der Waals surface area contributed by atoms with Crippen molar-refractivity contribution in [2.24, 2.45) is 5.41 Å². The second-order valence-electron chi connectivity index (χ2n) is 8.95. The summed E-state index contributed by atoms with van der Waals surface area (Å²) in [5, 5.41) is 11.4. The first kappa shape index (κ1) is 22.0. The molecule has 0 bridgehead atoms. The molecule has 2 aromatic rings. The van der Waals surface area contributed by atoms with Gasteiger partial charge in [-0.1, -0.05) is 37.6 Å². The van der Waals surface area contributed by atoms with Gasteiger partial charge < -0.3 is 4.74 Å². The maximum Gasteiger partial charge on any atom is 0.289 e. The summed E-state index contributed by atoms with van der Waals surface area (Å²) in [5.41, 5.74) is 1.80. The molecule has 0 aromatic heterocycles. The van der Waals surface area contributed by atoms with Crippen molar-refractivity contribution in [3.05, 3.63) is 74.4 Å². The van der Waals surface area contributed by atoms with E-state index in [1.807, 2.05) is 38.1 Å². The van der Waals surface area contributed by atoms with E-state index in [0.29, 0.717) is 35.5 Å². The lowest BCUT2D eigenvalue weighted by Crippen LogP contribution is -2.43. The fourth-order valence-electron chi connectivity index (χ4n) is 4.62. The second-order valence-corrected chi connectivity index (χ2v) is 9.36. The number of hydrogen-bond acceptors (Lipinski definition) is 5. The van der Waals surface area contributed by atoms with Gasteiger partial charge in [0.25, 0.3) is 5.69 Å². The van der Waals surface area contributed by atoms with E-state index in [1.54, 1.807) is 13.2 Å². The van der Waals surface area contributed by atoms with Crippen molar-refractivity contribution < 1.29 is 19.2 Å². The molecular formula is C24H23ClN2O5. The zero-order valence-corrected chi connectivity index (χ0v) is 18.8. The second kappa shape index (κ2) is 8.06. The van der Waals surface area contributed by atoms with Gasteiger partial charge in [0.15, 0.2) is 5.78 Å². The molecule has 0 spiro atoms. The highest BCUT2D eigenvalue weighted by atomic mass is 35.5. The van der Waals surface area contributed by atoms with Gasteiger partial charge in [0.1, 0.15) is 10.8 Å². The lowest BCUT2D eigenvalue weighted by atomic mass is 9.69. The number of rotatable bonds is 4. The summed E-state index contributed by atoms with van der Waals surface area (Å²) in [5.74, 6) is 0.103. The van der Waals surface area contributed by atoms with Gasteiger partial charge in [-0.05, 0) is 41.7 Å². The molecule has 2 aromatic carbocycles. The predicted molar refractivity (Wildman–Crippen MR) is 121 cm³/mol. The molecule has 2 aliphatic rings. The van der Waals surface area contributed by atoms with Gasteiger partial charge in [-0.2, -0.15) is 0 Å². The van der Waals surface area contributed by atoms with Crippen LogP contribution in [0.2, 0.25) is 5.02 Å². The van der Waals surface area contributed by atoms with Crippen LogP contribution in [0.25, 0.3) is 0 Å². The molecule has 0 fully saturated rings. The average molecular weight is 455 g/mol. The zero-order valence-electron chi connectivity index (χ0n) is 18.1. The molecule has 0 N–H and O–H groups in total. The van der Waals surface area contributed by atoms with E-state index in [-0.39, 0.29) is 40.2 Å². The smallest absolute Gasteiger partial charge is 0.289 e. The summed E-state index contributed by atoms with van der Waals surface area (Å²) >= 11 is 5.98. The van der Waals surface area contributed by atoms with Crippen LogP contribution in [-0.4, -0.2) is 23.7 Å². The SMILES string of the molecule is COc1ccc(C2CC(=O)N(c3ccc(Cl)c([N+](=O)[O-])c3)C3=C2C(=O)CC(C)(C)C3)cc1. The minimum atomic E-state index is -0.578. The Morgan fingerprint density at radius 2 is 1.81 bits per heavy atom. The number of carbonyl (C=O) groups is 2. The summed E-state index contributed by atoms with van der Waals surface area (Å²) in [6.07, 6.45) is 0.970. The quantitative estimate of drug-likeness (QED) is 0.454. The van der Waals surface area contributed by atoms with Gasteiger partial charge in [0, 0.05) is 36.1 Å². The standard InChI is InChI=1S/C24H23ClN2O5/c1-24(2)12-20-23(21(28)13-24)17(14-4-7-16(32-3)8-5-14)11-22(29)26(20)15-6-9-18(25)19(10-15)27(30)31/h4-10,17H,11-13H2,1-3H3. The number of nitro benzene ring substituents is 1. The first-order chi connectivity index (χ1) is 15.1. The highest BCUT2D eigenvalue weighted by Gasteiger charge is 2.44. The van der Waals surface area contributed by atoms with E-state index >= 15 is 0 Å². The van der Waals surface area contributed by atoms with Crippen LogP contribution in [0.4, 0.5) is 11.4 Å². The van der Waals surface area contributed by atoms with Gasteiger partial charge in [-0.25, -0.2) is 0 Å². The first-order valence-corrected chi connectivity index (χ1v) is 10.7. The van der Waals surface area contributed by atoms with E-state index < -0.39 is 4.92 Å². The minimum Gasteiger partial charge on any atom is -0.497 e. The van der Waals surface area contributed by atoms with Crippen LogP contribution in [0.5, 0.6) is 5.75 Å². The number of carbonyl (C=O) groups excluding carboxylic acids is 2. The summed E-state index contributed by atoms with van der Waals surface area (Å²) in [4.78, 5) is 39.0. The van der Waals surface area contributed by atoms with Gasteiger partial charge >= 0.3 is 0 Å². The Bertz CT molecular complexity index is 1150. The van der Waals surface area contributed by atoms with Crippen molar-refractivity contribution in [3.63, 3.8) is 0 Å². The minimum absolute atomic E-state index is 0.00182. The number of halogens is 1. The highest BCUT2D eigenvalue weighted by molar-refractivity contribution is 6.32. The fourth-order valence-corrected chi connectivity index (χ4v) is 4.80. The average Bonchev–Trinajstić information content (AvgIpc) is 2.73. The van der Waals surface area contributed by atoms with Crippen LogP contribution in [0.1, 0.15) is 44.6 Å². The third-order valence-electron chi connectivity index (χ3n) is 6.05. The molecule has 1 heterocycles. The van der Waals surface area contributed by atoms with Crippen LogP contribution < -0.4 is 9.64 Å². The molecule has 7 nitrogen and oxygen atoms in total. The van der Waals surface area contributed by atoms with Crippen molar-refractivity contribution in [1.29, 1.82) is 0 Å². The Hall–Kier alpha value is -3.19. The van der Waals surface area contributed by atoms with Crippen LogP contribution in [-0.2, 0) is 9.59 Å². The number of methoxy groups -OCH3 is 1. The van der Waals surface area contributed by atoms with Crippen molar-refractivity contribution in [3.8, 4) is 5.75 Å². The number of nitro groups is 1. The van der Waals surface area contributed by atoms with Crippen LogP contribution in [0.3, 0.4) is 0 Å². The summed E-state index contributed by atoms with van der Waals surface area (Å²) in [7, 11) is 1.58. The number of amides is 1. The van der Waals surface area contributed by atoms with E-state index in [9.17, 15) is 19.7 Å². The topological polar surface area (TPSA) is 89.8 Å². The molecule has 8 heteroatoms. The lowest BCUT2D eigenvalue weighted by Gasteiger charge is -2.42. The van der Waals surface area contributed by atoms with Gasteiger partial charge in [0.05, 0.1) is 17.7 Å². The molecule has 1 aliphatic carbocycles. The molecule has 0 saturated carbocycles. The molecule has 0 saturated heterocycles. The maximum atomic E-state index is 13.4. The number of anilines is 1. The lowest BCUT2D eigenvalue weighted by molar-refractivity contribution is -0.384. The summed E-state index contributed by atoms with van der Waals surface area (Å²) < 4.78 is 5.23. The van der Waals surface area contributed by atoms with Crippen molar-refractivity contribution >= 4 is 34.7 Å². The van der Waals surface area contributed by atoms with E-state index in [2.05, 4.69) is 0 Å². The number of hydrogen-bond donors (Lipinski definition) is 0. The number of ketones is 1. The summed E-state index contributed by atoms with van der Waals surface area (Å²) in [6.45, 7) is 3.97. The molecule has 1 amide bonds. The third kappa shape index (κ3) is 3.88. The van der Waals surface area contributed by atoms with Crippen LogP contribution in [0.15, 0.2) is 53.7 Å². The van der Waals surface area contributed by atoms with Crippen molar-refractivity contribution in [2.45, 2.75) is 39.0 Å². The van der Waals surface area contributed by atoms with Crippen molar-refractivity contribution in [2.75, 3.05) is 12.0 Å². The molecule has 4 rings (SSSR count). The Labute approximate surface area is 190 Å². The number of Topliss-reactive ketones (excluding diaryl/α,β-unsaturated/α-hetero) is 1.